The molecule has 1 saturated heterocycles. The van der Waals surface area contributed by atoms with E-state index in [9.17, 15) is 4.79 Å². The van der Waals surface area contributed by atoms with Gasteiger partial charge >= 0.3 is 5.97 Å². The predicted molar refractivity (Wildman–Crippen MR) is 99.0 cm³/mol. The normalized spacial score (nSPS) is 18.0. The Hall–Kier alpha value is -3.13. The van der Waals surface area contributed by atoms with Gasteiger partial charge in [-0.25, -0.2) is 4.79 Å². The Kier molecular flexibility index (Phi) is 4.17. The Bertz CT molecular complexity index is 844. The quantitative estimate of drug-likeness (QED) is 0.507. The van der Waals surface area contributed by atoms with Crippen molar-refractivity contribution in [3.05, 3.63) is 113 Å². The molecule has 122 valence electrons. The molecule has 0 spiro atoms. The molecule has 0 aromatic heterocycles. The van der Waals surface area contributed by atoms with Crippen molar-refractivity contribution in [3.8, 4) is 0 Å². The molecule has 0 aliphatic carbocycles. The number of hydrogen-bond donors (Lipinski definition) is 0. The highest BCUT2D eigenvalue weighted by molar-refractivity contribution is 6.00. The number of carbonyl (C=O) groups is 1. The van der Waals surface area contributed by atoms with Gasteiger partial charge in [0.05, 0.1) is 11.5 Å². The maximum absolute atomic E-state index is 12.1. The average molecular weight is 326 g/mol. The van der Waals surface area contributed by atoms with Crippen molar-refractivity contribution in [1.82, 2.24) is 0 Å². The van der Waals surface area contributed by atoms with Crippen LogP contribution in [-0.4, -0.2) is 12.1 Å². The van der Waals surface area contributed by atoms with Gasteiger partial charge in [0.1, 0.15) is 6.10 Å². The van der Waals surface area contributed by atoms with E-state index >= 15 is 0 Å². The van der Waals surface area contributed by atoms with Gasteiger partial charge in [-0.2, -0.15) is 0 Å². The summed E-state index contributed by atoms with van der Waals surface area (Å²) in [6.45, 7) is 0. The lowest BCUT2D eigenvalue weighted by molar-refractivity contribution is -0.156. The summed E-state index contributed by atoms with van der Waals surface area (Å²) >= 11 is 0. The van der Waals surface area contributed by atoms with Crippen LogP contribution in [0.2, 0.25) is 0 Å². The highest BCUT2D eigenvalue weighted by Crippen LogP contribution is 2.39. The number of carbonyl (C=O) groups excluding carboxylic acids is 1. The van der Waals surface area contributed by atoms with Crippen molar-refractivity contribution >= 4 is 12.0 Å². The molecule has 0 bridgehead atoms. The molecule has 2 heteroatoms. The van der Waals surface area contributed by atoms with Gasteiger partial charge in [0.15, 0.2) is 0 Å². The first-order valence-corrected chi connectivity index (χ1v) is 8.40. The third-order valence-corrected chi connectivity index (χ3v) is 4.52. The lowest BCUT2D eigenvalue weighted by Gasteiger charge is -2.36. The molecular weight excluding hydrogens is 308 g/mol. The van der Waals surface area contributed by atoms with E-state index in [0.29, 0.717) is 0 Å². The van der Waals surface area contributed by atoms with E-state index in [-0.39, 0.29) is 18.0 Å². The molecule has 25 heavy (non-hydrogen) atoms. The predicted octanol–water partition coefficient (Wildman–Crippen LogP) is 4.83. The number of rotatable bonds is 4. The van der Waals surface area contributed by atoms with Crippen LogP contribution in [0.1, 0.15) is 22.6 Å². The van der Waals surface area contributed by atoms with Crippen molar-refractivity contribution < 1.29 is 9.53 Å². The van der Waals surface area contributed by atoms with E-state index in [1.54, 1.807) is 0 Å². The van der Waals surface area contributed by atoms with Crippen LogP contribution in [0.4, 0.5) is 0 Å². The number of benzene rings is 3. The van der Waals surface area contributed by atoms with Crippen molar-refractivity contribution in [2.24, 2.45) is 0 Å². The molecule has 0 amide bonds. The van der Waals surface area contributed by atoms with E-state index in [1.807, 2.05) is 72.8 Å². The van der Waals surface area contributed by atoms with Gasteiger partial charge in [-0.15, -0.1) is 0 Å². The van der Waals surface area contributed by atoms with Crippen LogP contribution >= 0.6 is 0 Å². The van der Waals surface area contributed by atoms with Crippen LogP contribution in [0.25, 0.3) is 6.08 Å². The van der Waals surface area contributed by atoms with Gasteiger partial charge in [-0.3, -0.25) is 0 Å². The number of cyclic esters (lactones) is 1. The summed E-state index contributed by atoms with van der Waals surface area (Å²) in [5.74, 6) is -0.235. The Balaban J connectivity index is 1.75. The summed E-state index contributed by atoms with van der Waals surface area (Å²) in [6, 6.07) is 30.3. The number of esters is 1. The van der Waals surface area contributed by atoms with E-state index in [4.69, 9.17) is 4.74 Å². The highest BCUT2D eigenvalue weighted by atomic mass is 16.6. The second kappa shape index (κ2) is 6.78. The summed E-state index contributed by atoms with van der Waals surface area (Å²) < 4.78 is 5.59. The number of ether oxygens (including phenoxy) is 1. The molecule has 1 aliphatic rings. The molecular formula is C23H18O2. The molecule has 4 rings (SSSR count). The first-order chi connectivity index (χ1) is 12.3. The van der Waals surface area contributed by atoms with Gasteiger partial charge in [-0.05, 0) is 22.8 Å². The SMILES string of the molecule is O=C1OC(C(c2ccccc2)c2ccccc2)/C1=C/c1ccccc1. The minimum Gasteiger partial charge on any atom is -0.453 e. The van der Waals surface area contributed by atoms with Gasteiger partial charge < -0.3 is 4.74 Å². The number of hydrogen-bond acceptors (Lipinski definition) is 2. The van der Waals surface area contributed by atoms with Crippen molar-refractivity contribution in [1.29, 1.82) is 0 Å². The summed E-state index contributed by atoms with van der Waals surface area (Å²) in [7, 11) is 0. The smallest absolute Gasteiger partial charge is 0.338 e. The standard InChI is InChI=1S/C23H18O2/c24-23-20(16-17-10-4-1-5-11-17)22(25-23)21(18-12-6-2-7-13-18)19-14-8-3-9-15-19/h1-16,21-22H/b20-16-. The Morgan fingerprint density at radius 2 is 1.20 bits per heavy atom. The Morgan fingerprint density at radius 3 is 1.68 bits per heavy atom. The summed E-state index contributed by atoms with van der Waals surface area (Å²) in [5, 5.41) is 0. The van der Waals surface area contributed by atoms with Crippen LogP contribution in [0.3, 0.4) is 0 Å². The third kappa shape index (κ3) is 3.11. The first kappa shape index (κ1) is 15.4. The topological polar surface area (TPSA) is 26.3 Å². The maximum atomic E-state index is 12.1. The first-order valence-electron chi connectivity index (χ1n) is 8.40. The highest BCUT2D eigenvalue weighted by Gasteiger charge is 2.42. The molecule has 0 N–H and O–H groups in total. The lowest BCUT2D eigenvalue weighted by atomic mass is 9.80. The van der Waals surface area contributed by atoms with E-state index in [1.165, 1.54) is 0 Å². The van der Waals surface area contributed by atoms with Crippen molar-refractivity contribution in [2.75, 3.05) is 0 Å². The minimum absolute atomic E-state index is 0.00457. The summed E-state index contributed by atoms with van der Waals surface area (Å²) in [4.78, 5) is 12.1. The molecule has 1 aliphatic heterocycles. The fraction of sp³-hybridized carbons (Fsp3) is 0.0870. The second-order valence-corrected chi connectivity index (χ2v) is 6.14. The van der Waals surface area contributed by atoms with Gasteiger partial charge in [-0.1, -0.05) is 91.0 Å². The Labute approximate surface area is 147 Å². The summed E-state index contributed by atoms with van der Waals surface area (Å²) in [6.07, 6.45) is 1.67. The molecule has 2 nitrogen and oxygen atoms in total. The van der Waals surface area contributed by atoms with Crippen LogP contribution in [0.5, 0.6) is 0 Å². The van der Waals surface area contributed by atoms with Crippen LogP contribution in [0.15, 0.2) is 96.6 Å². The fourth-order valence-corrected chi connectivity index (χ4v) is 3.29. The molecule has 3 aromatic rings. The minimum atomic E-state index is -0.266. The largest absolute Gasteiger partial charge is 0.453 e. The monoisotopic (exact) mass is 326 g/mol. The third-order valence-electron chi connectivity index (χ3n) is 4.52. The Morgan fingerprint density at radius 1 is 0.720 bits per heavy atom. The van der Waals surface area contributed by atoms with E-state index < -0.39 is 0 Å². The van der Waals surface area contributed by atoms with Gasteiger partial charge in [0.25, 0.3) is 0 Å². The second-order valence-electron chi connectivity index (χ2n) is 6.14. The van der Waals surface area contributed by atoms with Crippen LogP contribution in [0, 0.1) is 0 Å². The zero-order chi connectivity index (χ0) is 17.1. The van der Waals surface area contributed by atoms with Gasteiger partial charge in [0, 0.05) is 0 Å². The molecule has 1 unspecified atom stereocenters. The van der Waals surface area contributed by atoms with Gasteiger partial charge in [0.2, 0.25) is 0 Å². The fourth-order valence-electron chi connectivity index (χ4n) is 3.29. The molecule has 1 fully saturated rings. The van der Waals surface area contributed by atoms with E-state index in [2.05, 4.69) is 24.3 Å². The van der Waals surface area contributed by atoms with Crippen molar-refractivity contribution in [2.45, 2.75) is 12.0 Å². The zero-order valence-electron chi connectivity index (χ0n) is 13.7. The zero-order valence-corrected chi connectivity index (χ0v) is 13.7. The molecule has 0 radical (unpaired) electrons. The lowest BCUT2D eigenvalue weighted by Crippen LogP contribution is -2.41. The molecule has 0 saturated carbocycles. The molecule has 3 aromatic carbocycles. The molecule has 1 atom stereocenters. The van der Waals surface area contributed by atoms with E-state index in [0.717, 1.165) is 22.3 Å². The van der Waals surface area contributed by atoms with Crippen molar-refractivity contribution in [3.63, 3.8) is 0 Å². The van der Waals surface area contributed by atoms with Crippen LogP contribution in [-0.2, 0) is 9.53 Å². The van der Waals surface area contributed by atoms with Crippen LogP contribution < -0.4 is 0 Å². The molecule has 1 heterocycles. The maximum Gasteiger partial charge on any atom is 0.338 e. The summed E-state index contributed by atoms with van der Waals surface area (Å²) in [5.41, 5.74) is 4.03. The average Bonchev–Trinajstić information content (AvgIpc) is 2.68.